The number of aromatic hydroxyl groups is 1. The van der Waals surface area contributed by atoms with E-state index in [1.165, 1.54) is 24.3 Å². The van der Waals surface area contributed by atoms with Crippen LogP contribution in [0.4, 0.5) is 10.5 Å². The van der Waals surface area contributed by atoms with Crippen molar-refractivity contribution in [2.75, 3.05) is 18.5 Å². The molecule has 0 saturated heterocycles. The molecule has 40 heavy (non-hydrogen) atoms. The Hall–Kier alpha value is -4.64. The van der Waals surface area contributed by atoms with Gasteiger partial charge >= 0.3 is 6.09 Å². The molecule has 0 spiro atoms. The number of phenolic OH excluding ortho intramolecular Hbond substituents is 1. The lowest BCUT2D eigenvalue weighted by Gasteiger charge is -2.34. The fraction of sp³-hybridized carbons (Fsp3) is 0.310. The van der Waals surface area contributed by atoms with Gasteiger partial charge in [0.25, 0.3) is 5.91 Å². The van der Waals surface area contributed by atoms with Crippen molar-refractivity contribution in [3.8, 4) is 5.75 Å². The highest BCUT2D eigenvalue weighted by Gasteiger charge is 2.37. The second-order valence-electron chi connectivity index (χ2n) is 10.2. The summed E-state index contributed by atoms with van der Waals surface area (Å²) in [5.74, 6) is -2.55. The maximum atomic E-state index is 13.8. The summed E-state index contributed by atoms with van der Waals surface area (Å²) in [4.78, 5) is 52.9. The van der Waals surface area contributed by atoms with Crippen molar-refractivity contribution >= 4 is 40.3 Å². The van der Waals surface area contributed by atoms with Crippen molar-refractivity contribution in [1.82, 2.24) is 10.2 Å². The highest BCUT2D eigenvalue weighted by molar-refractivity contribution is 6.01. The first-order chi connectivity index (χ1) is 18.9. The summed E-state index contributed by atoms with van der Waals surface area (Å²) in [6.07, 6.45) is -1.55. The second-order valence-corrected chi connectivity index (χ2v) is 10.2. The van der Waals surface area contributed by atoms with Crippen LogP contribution in [0, 0.1) is 0 Å². The van der Waals surface area contributed by atoms with Crippen LogP contribution in [0.3, 0.4) is 0 Å². The van der Waals surface area contributed by atoms with Gasteiger partial charge in [-0.1, -0.05) is 42.5 Å². The monoisotopic (exact) mass is 550 g/mol. The van der Waals surface area contributed by atoms with Crippen LogP contribution in [-0.4, -0.2) is 63.7 Å². The van der Waals surface area contributed by atoms with Gasteiger partial charge in [-0.2, -0.15) is 0 Å². The molecule has 0 aliphatic rings. The fourth-order valence-corrected chi connectivity index (χ4v) is 4.17. The number of benzene rings is 3. The van der Waals surface area contributed by atoms with E-state index in [9.17, 15) is 29.4 Å². The standard InChI is InChI=1S/C29H34N4O7/c1-29(2,3)40-28(39)32-23(17-24(30)36)27(38)33(13-14-34)25(20-9-6-10-22(35)16-20)26(37)31-21-12-11-18-7-4-5-8-19(18)15-21/h4-12,15-16,23,25,34-35H,13-14,17H2,1-3H3,(H2,30,36)(H,31,37)(H,32,39). The van der Waals surface area contributed by atoms with Crippen molar-refractivity contribution in [3.05, 3.63) is 72.3 Å². The zero-order valence-electron chi connectivity index (χ0n) is 22.6. The number of carbonyl (C=O) groups excluding carboxylic acids is 4. The molecule has 0 saturated carbocycles. The van der Waals surface area contributed by atoms with E-state index in [4.69, 9.17) is 10.5 Å². The third-order valence-electron chi connectivity index (χ3n) is 5.78. The molecule has 3 rings (SSSR count). The smallest absolute Gasteiger partial charge is 0.408 e. The molecule has 0 aliphatic carbocycles. The number of aliphatic hydroxyl groups is 1. The Morgan fingerprint density at radius 3 is 2.30 bits per heavy atom. The van der Waals surface area contributed by atoms with E-state index in [0.717, 1.165) is 15.7 Å². The summed E-state index contributed by atoms with van der Waals surface area (Å²) >= 11 is 0. The number of fused-ring (bicyclic) bond motifs is 1. The number of ether oxygens (including phenoxy) is 1. The first-order valence-electron chi connectivity index (χ1n) is 12.7. The largest absolute Gasteiger partial charge is 0.508 e. The van der Waals surface area contributed by atoms with Crippen molar-refractivity contribution in [3.63, 3.8) is 0 Å². The van der Waals surface area contributed by atoms with Crippen LogP contribution in [0.15, 0.2) is 66.7 Å². The Bertz CT molecular complexity index is 1390. The second kappa shape index (κ2) is 12.9. The Morgan fingerprint density at radius 1 is 0.975 bits per heavy atom. The Morgan fingerprint density at radius 2 is 1.68 bits per heavy atom. The number of hydrogen-bond acceptors (Lipinski definition) is 7. The van der Waals surface area contributed by atoms with Gasteiger partial charge in [-0.05, 0) is 61.4 Å². The SMILES string of the molecule is CC(C)(C)OC(=O)NC(CC(N)=O)C(=O)N(CCO)C(C(=O)Nc1ccc2ccccc2c1)c1cccc(O)c1. The zero-order valence-corrected chi connectivity index (χ0v) is 22.6. The van der Waals surface area contributed by atoms with Crippen LogP contribution >= 0.6 is 0 Å². The number of alkyl carbamates (subject to hydrolysis) is 1. The lowest BCUT2D eigenvalue weighted by molar-refractivity contribution is -0.142. The molecule has 2 unspecified atom stereocenters. The molecule has 0 heterocycles. The highest BCUT2D eigenvalue weighted by atomic mass is 16.6. The quantitative estimate of drug-likeness (QED) is 0.258. The average Bonchev–Trinajstić information content (AvgIpc) is 2.86. The van der Waals surface area contributed by atoms with Gasteiger partial charge in [-0.25, -0.2) is 4.79 Å². The van der Waals surface area contributed by atoms with Crippen LogP contribution < -0.4 is 16.4 Å². The molecule has 4 amide bonds. The van der Waals surface area contributed by atoms with Gasteiger partial charge in [0.1, 0.15) is 23.4 Å². The number of primary amides is 1. The summed E-state index contributed by atoms with van der Waals surface area (Å²) in [6, 6.07) is 15.8. The van der Waals surface area contributed by atoms with Crippen LogP contribution in [-0.2, 0) is 19.1 Å². The van der Waals surface area contributed by atoms with Crippen molar-refractivity contribution < 1.29 is 34.1 Å². The van der Waals surface area contributed by atoms with Gasteiger partial charge in [0, 0.05) is 12.2 Å². The predicted octanol–water partition coefficient (Wildman–Crippen LogP) is 2.81. The number of nitrogens with one attached hydrogen (secondary N) is 2. The molecule has 212 valence electrons. The zero-order chi connectivity index (χ0) is 29.4. The first-order valence-corrected chi connectivity index (χ1v) is 12.7. The number of amides is 4. The van der Waals surface area contributed by atoms with Crippen LogP contribution in [0.25, 0.3) is 10.8 Å². The van der Waals surface area contributed by atoms with Gasteiger partial charge in [-0.3, -0.25) is 14.4 Å². The summed E-state index contributed by atoms with van der Waals surface area (Å²) < 4.78 is 5.23. The van der Waals surface area contributed by atoms with Gasteiger partial charge < -0.3 is 36.2 Å². The first kappa shape index (κ1) is 29.9. The molecule has 0 bridgehead atoms. The van der Waals surface area contributed by atoms with Crippen molar-refractivity contribution in [1.29, 1.82) is 0 Å². The van der Waals surface area contributed by atoms with E-state index in [1.54, 1.807) is 32.9 Å². The molecule has 0 aliphatic heterocycles. The van der Waals surface area contributed by atoms with Gasteiger partial charge in [0.2, 0.25) is 11.8 Å². The molecule has 11 nitrogen and oxygen atoms in total. The Kier molecular flexibility index (Phi) is 9.68. The highest BCUT2D eigenvalue weighted by Crippen LogP contribution is 2.28. The van der Waals surface area contributed by atoms with E-state index in [2.05, 4.69) is 10.6 Å². The number of aliphatic hydroxyl groups excluding tert-OH is 1. The normalized spacial score (nSPS) is 12.7. The number of carbonyl (C=O) groups is 4. The molecule has 0 radical (unpaired) electrons. The van der Waals surface area contributed by atoms with Gasteiger partial charge in [-0.15, -0.1) is 0 Å². The summed E-state index contributed by atoms with van der Waals surface area (Å²) in [7, 11) is 0. The van der Waals surface area contributed by atoms with E-state index in [1.807, 2.05) is 30.3 Å². The lowest BCUT2D eigenvalue weighted by Crippen LogP contribution is -2.54. The molecular weight excluding hydrogens is 516 g/mol. The fourth-order valence-electron chi connectivity index (χ4n) is 4.17. The van der Waals surface area contributed by atoms with Crippen LogP contribution in [0.5, 0.6) is 5.75 Å². The average molecular weight is 551 g/mol. The molecule has 3 aromatic carbocycles. The summed E-state index contributed by atoms with van der Waals surface area (Å²) in [5, 5.41) is 27.0. The predicted molar refractivity (Wildman–Crippen MR) is 149 cm³/mol. The number of rotatable bonds is 10. The van der Waals surface area contributed by atoms with Crippen LogP contribution in [0.1, 0.15) is 38.8 Å². The third kappa shape index (κ3) is 8.18. The number of anilines is 1. The number of phenols is 1. The third-order valence-corrected chi connectivity index (χ3v) is 5.78. The number of hydrogen-bond donors (Lipinski definition) is 5. The molecule has 2 atom stereocenters. The van der Waals surface area contributed by atoms with Crippen molar-refractivity contribution in [2.24, 2.45) is 5.73 Å². The maximum Gasteiger partial charge on any atom is 0.408 e. The minimum atomic E-state index is -1.49. The minimum absolute atomic E-state index is 0.155. The molecule has 6 N–H and O–H groups in total. The van der Waals surface area contributed by atoms with Crippen LogP contribution in [0.2, 0.25) is 0 Å². The molecule has 3 aromatic rings. The number of nitrogens with zero attached hydrogens (tertiary/aromatic N) is 1. The summed E-state index contributed by atoms with van der Waals surface area (Å²) in [6.45, 7) is 4.01. The minimum Gasteiger partial charge on any atom is -0.508 e. The Balaban J connectivity index is 2.00. The maximum absolute atomic E-state index is 13.8. The Labute approximate surface area is 231 Å². The number of nitrogens with two attached hydrogens (primary N) is 1. The lowest BCUT2D eigenvalue weighted by atomic mass is 10.0. The molecule has 0 fully saturated rings. The van der Waals surface area contributed by atoms with Gasteiger partial charge in [0.15, 0.2) is 0 Å². The topological polar surface area (TPSA) is 171 Å². The molecule has 11 heteroatoms. The molecule has 0 aromatic heterocycles. The van der Waals surface area contributed by atoms with E-state index < -0.39 is 54.5 Å². The van der Waals surface area contributed by atoms with E-state index >= 15 is 0 Å². The van der Waals surface area contributed by atoms with Crippen molar-refractivity contribution in [2.45, 2.75) is 44.9 Å². The van der Waals surface area contributed by atoms with E-state index in [0.29, 0.717) is 5.69 Å². The van der Waals surface area contributed by atoms with Gasteiger partial charge in [0.05, 0.1) is 13.0 Å². The molecular formula is C29H34N4O7. The van der Waals surface area contributed by atoms with E-state index in [-0.39, 0.29) is 17.9 Å². The summed E-state index contributed by atoms with van der Waals surface area (Å²) in [5.41, 5.74) is 5.15.